The minimum absolute atomic E-state index is 0.00274. The minimum atomic E-state index is -0.663. The lowest BCUT2D eigenvalue weighted by molar-refractivity contribution is -0.122. The molecule has 1 saturated heterocycles. The molecule has 0 aliphatic carbocycles. The quantitative estimate of drug-likeness (QED) is 0.295. The molecule has 4 rings (SSSR count). The Kier molecular flexibility index (Phi) is 6.75. The van der Waals surface area contributed by atoms with Gasteiger partial charge in [0.05, 0.1) is 5.69 Å². The van der Waals surface area contributed by atoms with Crippen molar-refractivity contribution in [1.82, 2.24) is 9.88 Å². The van der Waals surface area contributed by atoms with Crippen molar-refractivity contribution < 1.29 is 14.0 Å². The topological polar surface area (TPSA) is 54.3 Å². The molecule has 0 spiro atoms. The van der Waals surface area contributed by atoms with Gasteiger partial charge in [-0.25, -0.2) is 9.29 Å². The summed E-state index contributed by atoms with van der Waals surface area (Å²) < 4.78 is 16.5. The summed E-state index contributed by atoms with van der Waals surface area (Å²) in [5.41, 5.74) is 4.78. The van der Waals surface area contributed by atoms with Crippen LogP contribution < -0.4 is 10.2 Å². The molecule has 0 unspecified atom stereocenters. The highest BCUT2D eigenvalue weighted by molar-refractivity contribution is 7.80. The fourth-order valence-electron chi connectivity index (χ4n) is 4.19. The lowest BCUT2D eigenvalue weighted by atomic mass is 10.1. The molecule has 174 valence electrons. The van der Waals surface area contributed by atoms with E-state index >= 15 is 0 Å². The third kappa shape index (κ3) is 4.43. The van der Waals surface area contributed by atoms with E-state index in [9.17, 15) is 14.0 Å². The number of rotatable bonds is 6. The van der Waals surface area contributed by atoms with Gasteiger partial charge in [0.25, 0.3) is 11.8 Å². The normalized spacial score (nSPS) is 15.2. The molecule has 1 aliphatic heterocycles. The van der Waals surface area contributed by atoms with Crippen LogP contribution in [0.25, 0.3) is 11.8 Å². The first-order chi connectivity index (χ1) is 16.3. The maximum absolute atomic E-state index is 14.4. The maximum Gasteiger partial charge on any atom is 0.270 e. The predicted molar refractivity (Wildman–Crippen MR) is 136 cm³/mol. The number of hydrogen-bond donors (Lipinski definition) is 1. The zero-order chi connectivity index (χ0) is 24.4. The van der Waals surface area contributed by atoms with Gasteiger partial charge in [0.15, 0.2) is 5.11 Å². The lowest BCUT2D eigenvalue weighted by Crippen LogP contribution is -2.54. The van der Waals surface area contributed by atoms with E-state index < -0.39 is 17.6 Å². The van der Waals surface area contributed by atoms with Crippen molar-refractivity contribution in [2.24, 2.45) is 0 Å². The van der Waals surface area contributed by atoms with Crippen LogP contribution in [0.4, 0.5) is 10.1 Å². The highest BCUT2D eigenvalue weighted by Crippen LogP contribution is 2.27. The summed E-state index contributed by atoms with van der Waals surface area (Å²) in [6, 6.07) is 16.2. The Balaban J connectivity index is 1.70. The third-order valence-corrected chi connectivity index (χ3v) is 6.26. The molecule has 2 aromatic carbocycles. The number of amides is 2. The van der Waals surface area contributed by atoms with Crippen molar-refractivity contribution in [2.75, 3.05) is 4.90 Å². The lowest BCUT2D eigenvalue weighted by Gasteiger charge is -2.29. The number of thiocarbonyl (C=S) groups is 1. The van der Waals surface area contributed by atoms with Crippen LogP contribution in [-0.4, -0.2) is 21.5 Å². The number of carbonyl (C=O) groups excluding carboxylic acids is 2. The van der Waals surface area contributed by atoms with E-state index in [1.54, 1.807) is 12.1 Å². The van der Waals surface area contributed by atoms with Gasteiger partial charge in [-0.15, -0.1) is 0 Å². The largest absolute Gasteiger partial charge is 0.318 e. The van der Waals surface area contributed by atoms with Gasteiger partial charge >= 0.3 is 0 Å². The zero-order valence-corrected chi connectivity index (χ0v) is 20.2. The summed E-state index contributed by atoms with van der Waals surface area (Å²) in [6.07, 6.45) is 4.90. The first-order valence-electron chi connectivity index (χ1n) is 11.3. The van der Waals surface area contributed by atoms with Crippen LogP contribution in [0.3, 0.4) is 0 Å². The summed E-state index contributed by atoms with van der Waals surface area (Å²) in [5.74, 6) is -1.87. The smallest absolute Gasteiger partial charge is 0.270 e. The molecule has 1 fully saturated rings. The van der Waals surface area contributed by atoms with Crippen molar-refractivity contribution in [3.8, 4) is 5.69 Å². The monoisotopic (exact) mass is 475 g/mol. The van der Waals surface area contributed by atoms with Gasteiger partial charge in [-0.3, -0.25) is 14.9 Å². The number of nitrogens with one attached hydrogen (secondary N) is 1. The number of hydrogen-bond acceptors (Lipinski definition) is 3. The molecule has 7 heteroatoms. The van der Waals surface area contributed by atoms with Crippen molar-refractivity contribution in [3.63, 3.8) is 0 Å². The fraction of sp³-hybridized carbons (Fsp3) is 0.222. The van der Waals surface area contributed by atoms with Crippen molar-refractivity contribution in [1.29, 1.82) is 0 Å². The molecule has 1 aromatic heterocycles. The molecule has 0 bridgehead atoms. The summed E-state index contributed by atoms with van der Waals surface area (Å²) >= 11 is 5.17. The van der Waals surface area contributed by atoms with Crippen molar-refractivity contribution in [2.45, 2.75) is 40.0 Å². The van der Waals surface area contributed by atoms with Gasteiger partial charge in [-0.05, 0) is 86.4 Å². The molecule has 3 aromatic rings. The number of para-hydroxylation sites is 1. The molecule has 1 N–H and O–H groups in total. The van der Waals surface area contributed by atoms with Gasteiger partial charge in [0, 0.05) is 17.1 Å². The molecule has 5 nitrogen and oxygen atoms in total. The van der Waals surface area contributed by atoms with Crippen molar-refractivity contribution in [3.05, 3.63) is 88.5 Å². The van der Waals surface area contributed by atoms with Crippen LogP contribution in [0, 0.1) is 19.7 Å². The second-order valence-corrected chi connectivity index (χ2v) is 8.73. The maximum atomic E-state index is 14.4. The predicted octanol–water partition coefficient (Wildman–Crippen LogP) is 5.41. The number of benzene rings is 2. The minimum Gasteiger partial charge on any atom is -0.318 e. The first-order valence-corrected chi connectivity index (χ1v) is 11.7. The Morgan fingerprint density at radius 1 is 1.06 bits per heavy atom. The molecule has 2 heterocycles. The van der Waals surface area contributed by atoms with Crippen LogP contribution in [0.2, 0.25) is 0 Å². The Morgan fingerprint density at radius 2 is 1.76 bits per heavy atom. The van der Waals surface area contributed by atoms with Crippen LogP contribution in [0.15, 0.2) is 60.2 Å². The average molecular weight is 476 g/mol. The molecule has 0 atom stereocenters. The van der Waals surface area contributed by atoms with Gasteiger partial charge in [-0.1, -0.05) is 37.6 Å². The van der Waals surface area contributed by atoms with E-state index in [2.05, 4.69) is 41.1 Å². The second kappa shape index (κ2) is 9.73. The van der Waals surface area contributed by atoms with E-state index in [4.69, 9.17) is 12.2 Å². The average Bonchev–Trinajstić information content (AvgIpc) is 3.09. The van der Waals surface area contributed by atoms with Gasteiger partial charge in [0.1, 0.15) is 11.4 Å². The number of halogens is 1. The standard InChI is InChI=1S/C27H26FN3O2S/c1-4-5-8-19-11-13-21(14-12-19)30-17(2)15-20(18(30)3)16-22-25(32)29-27(34)31(26(22)33)24-10-7-6-9-23(24)28/h6-7,9-16H,4-5,8H2,1-3H3,(H,29,32,34)/b22-16+. The molecule has 34 heavy (non-hydrogen) atoms. The third-order valence-electron chi connectivity index (χ3n) is 5.98. The molecule has 1 aliphatic rings. The highest BCUT2D eigenvalue weighted by atomic mass is 32.1. The Morgan fingerprint density at radius 3 is 2.44 bits per heavy atom. The summed E-state index contributed by atoms with van der Waals surface area (Å²) in [6.45, 7) is 6.09. The van der Waals surface area contributed by atoms with Gasteiger partial charge in [-0.2, -0.15) is 0 Å². The number of unbranched alkanes of at least 4 members (excludes halogenated alkanes) is 1. The van der Waals surface area contributed by atoms with E-state index in [0.717, 1.165) is 46.8 Å². The Bertz CT molecular complexity index is 1310. The molecular weight excluding hydrogens is 449 g/mol. The van der Waals surface area contributed by atoms with E-state index in [1.165, 1.54) is 23.8 Å². The summed E-state index contributed by atoms with van der Waals surface area (Å²) in [7, 11) is 0. The van der Waals surface area contributed by atoms with E-state index in [0.29, 0.717) is 0 Å². The molecular formula is C27H26FN3O2S. The molecule has 2 amide bonds. The number of nitrogens with zero attached hydrogens (tertiary/aromatic N) is 2. The number of aromatic nitrogens is 1. The molecule has 0 radical (unpaired) electrons. The highest BCUT2D eigenvalue weighted by Gasteiger charge is 2.35. The second-order valence-electron chi connectivity index (χ2n) is 8.34. The fourth-order valence-corrected chi connectivity index (χ4v) is 4.46. The Hall–Kier alpha value is -3.58. The van der Waals surface area contributed by atoms with E-state index in [1.807, 2.05) is 19.9 Å². The zero-order valence-electron chi connectivity index (χ0n) is 19.4. The first kappa shape index (κ1) is 23.6. The van der Waals surface area contributed by atoms with Gasteiger partial charge in [0.2, 0.25) is 0 Å². The summed E-state index contributed by atoms with van der Waals surface area (Å²) in [4.78, 5) is 26.9. The Labute approximate surface area is 203 Å². The molecule has 0 saturated carbocycles. The van der Waals surface area contributed by atoms with Crippen molar-refractivity contribution >= 4 is 40.9 Å². The number of carbonyl (C=O) groups is 2. The van der Waals surface area contributed by atoms with Gasteiger partial charge < -0.3 is 4.57 Å². The van der Waals surface area contributed by atoms with Crippen LogP contribution in [0.5, 0.6) is 0 Å². The van der Waals surface area contributed by atoms with Crippen LogP contribution in [-0.2, 0) is 16.0 Å². The SMILES string of the molecule is CCCCc1ccc(-n2c(C)cc(/C=C3\C(=O)NC(=S)N(c4ccccc4F)C3=O)c2C)cc1. The summed E-state index contributed by atoms with van der Waals surface area (Å²) in [5, 5.41) is 2.36. The van der Waals surface area contributed by atoms with E-state index in [-0.39, 0.29) is 16.4 Å². The number of aryl methyl sites for hydroxylation is 2. The number of anilines is 1. The van der Waals surface area contributed by atoms with Crippen LogP contribution >= 0.6 is 12.2 Å². The van der Waals surface area contributed by atoms with Crippen LogP contribution in [0.1, 0.15) is 42.3 Å².